The molecule has 1 amide bonds. The van der Waals surface area contributed by atoms with E-state index in [0.29, 0.717) is 11.3 Å². The number of carbonyl (C=O) groups is 1. The molecule has 5 nitrogen and oxygen atoms in total. The standard InChI is InChI=1S/C8H8N2O3/c11-8(12)10-7-3-1-2-6(4-7)5-9-13/h1-5,10,13H,(H,11,12)/b9-5-. The normalized spacial score (nSPS) is 10.2. The first kappa shape index (κ1) is 9.05. The van der Waals surface area contributed by atoms with E-state index < -0.39 is 6.09 Å². The molecule has 0 aliphatic rings. The van der Waals surface area contributed by atoms with E-state index in [2.05, 4.69) is 10.5 Å². The van der Waals surface area contributed by atoms with Gasteiger partial charge in [0.05, 0.1) is 6.21 Å². The van der Waals surface area contributed by atoms with E-state index in [4.69, 9.17) is 10.3 Å². The maximum absolute atomic E-state index is 10.2. The summed E-state index contributed by atoms with van der Waals surface area (Å²) < 4.78 is 0. The summed E-state index contributed by atoms with van der Waals surface area (Å²) in [7, 11) is 0. The Hall–Kier alpha value is -2.04. The summed E-state index contributed by atoms with van der Waals surface area (Å²) in [6.07, 6.45) is 0.0885. The van der Waals surface area contributed by atoms with Crippen molar-refractivity contribution in [1.29, 1.82) is 0 Å². The zero-order chi connectivity index (χ0) is 9.68. The topological polar surface area (TPSA) is 81.9 Å². The molecule has 0 fully saturated rings. The van der Waals surface area contributed by atoms with Crippen molar-refractivity contribution in [2.24, 2.45) is 5.16 Å². The van der Waals surface area contributed by atoms with Crippen LogP contribution >= 0.6 is 0 Å². The number of nitrogens with zero attached hydrogens (tertiary/aromatic N) is 1. The van der Waals surface area contributed by atoms with E-state index in [1.165, 1.54) is 6.21 Å². The van der Waals surface area contributed by atoms with Gasteiger partial charge < -0.3 is 10.3 Å². The van der Waals surface area contributed by atoms with Gasteiger partial charge in [-0.05, 0) is 17.7 Å². The van der Waals surface area contributed by atoms with Crippen LogP contribution in [-0.4, -0.2) is 22.6 Å². The van der Waals surface area contributed by atoms with Crippen LogP contribution in [0.15, 0.2) is 29.4 Å². The van der Waals surface area contributed by atoms with Crippen LogP contribution in [-0.2, 0) is 0 Å². The summed E-state index contributed by atoms with van der Waals surface area (Å²) in [6, 6.07) is 6.49. The molecule has 5 heteroatoms. The molecule has 68 valence electrons. The van der Waals surface area contributed by atoms with Gasteiger partial charge in [0, 0.05) is 5.69 Å². The van der Waals surface area contributed by atoms with Gasteiger partial charge in [-0.25, -0.2) is 4.79 Å². The van der Waals surface area contributed by atoms with Crippen LogP contribution in [0.25, 0.3) is 0 Å². The van der Waals surface area contributed by atoms with Gasteiger partial charge in [0.15, 0.2) is 0 Å². The third-order valence-electron chi connectivity index (χ3n) is 1.34. The third-order valence-corrected chi connectivity index (χ3v) is 1.34. The highest BCUT2D eigenvalue weighted by atomic mass is 16.4. The minimum atomic E-state index is -1.13. The van der Waals surface area contributed by atoms with Crippen LogP contribution in [0.2, 0.25) is 0 Å². The van der Waals surface area contributed by atoms with Crippen molar-refractivity contribution in [2.45, 2.75) is 0 Å². The number of carboxylic acid groups (broad SMARTS) is 1. The van der Waals surface area contributed by atoms with Crippen molar-refractivity contribution in [1.82, 2.24) is 0 Å². The summed E-state index contributed by atoms with van der Waals surface area (Å²) in [4.78, 5) is 10.2. The lowest BCUT2D eigenvalue weighted by molar-refractivity contribution is 0.210. The van der Waals surface area contributed by atoms with E-state index in [9.17, 15) is 4.79 Å². The molecule has 0 spiro atoms. The Labute approximate surface area is 74.3 Å². The Kier molecular flexibility index (Phi) is 2.86. The highest BCUT2D eigenvalue weighted by Gasteiger charge is 1.97. The van der Waals surface area contributed by atoms with E-state index in [0.717, 1.165) is 0 Å². The van der Waals surface area contributed by atoms with Gasteiger partial charge in [-0.3, -0.25) is 5.32 Å². The van der Waals surface area contributed by atoms with Crippen molar-refractivity contribution >= 4 is 18.0 Å². The molecule has 1 rings (SSSR count). The molecule has 0 radical (unpaired) electrons. The second-order valence-corrected chi connectivity index (χ2v) is 2.30. The summed E-state index contributed by atoms with van der Waals surface area (Å²) in [5, 5.41) is 21.6. The molecule has 0 atom stereocenters. The largest absolute Gasteiger partial charge is 0.465 e. The minimum absolute atomic E-state index is 0.435. The highest BCUT2D eigenvalue weighted by Crippen LogP contribution is 2.08. The molecule has 1 aromatic rings. The van der Waals surface area contributed by atoms with Gasteiger partial charge in [0.25, 0.3) is 0 Å². The lowest BCUT2D eigenvalue weighted by atomic mass is 10.2. The molecule has 0 aromatic heterocycles. The zero-order valence-electron chi connectivity index (χ0n) is 6.64. The Morgan fingerprint density at radius 3 is 2.92 bits per heavy atom. The van der Waals surface area contributed by atoms with Crippen molar-refractivity contribution < 1.29 is 15.1 Å². The smallest absolute Gasteiger partial charge is 0.409 e. The molecule has 0 unspecified atom stereocenters. The first-order valence-electron chi connectivity index (χ1n) is 3.50. The SMILES string of the molecule is O=C(O)Nc1cccc(/C=N\O)c1. The van der Waals surface area contributed by atoms with Crippen LogP contribution in [0.3, 0.4) is 0 Å². The van der Waals surface area contributed by atoms with Gasteiger partial charge >= 0.3 is 6.09 Å². The second-order valence-electron chi connectivity index (χ2n) is 2.30. The van der Waals surface area contributed by atoms with Gasteiger partial charge in [-0.2, -0.15) is 0 Å². The number of nitrogens with one attached hydrogen (secondary N) is 1. The predicted octanol–water partition coefficient (Wildman–Crippen LogP) is 1.58. The van der Waals surface area contributed by atoms with Crippen molar-refractivity contribution in [3.05, 3.63) is 29.8 Å². The quantitative estimate of drug-likeness (QED) is 0.367. The lowest BCUT2D eigenvalue weighted by Gasteiger charge is -2.00. The number of hydrogen-bond donors (Lipinski definition) is 3. The average molecular weight is 180 g/mol. The molecule has 13 heavy (non-hydrogen) atoms. The molecule has 0 saturated heterocycles. The van der Waals surface area contributed by atoms with Crippen LogP contribution in [0.5, 0.6) is 0 Å². The molecular weight excluding hydrogens is 172 g/mol. The van der Waals surface area contributed by atoms with E-state index in [1.54, 1.807) is 24.3 Å². The van der Waals surface area contributed by atoms with Crippen LogP contribution in [0.4, 0.5) is 10.5 Å². The number of benzene rings is 1. The van der Waals surface area contributed by atoms with Crippen molar-refractivity contribution in [3.63, 3.8) is 0 Å². The van der Waals surface area contributed by atoms with E-state index in [-0.39, 0.29) is 0 Å². The monoisotopic (exact) mass is 180 g/mol. The van der Waals surface area contributed by atoms with Crippen LogP contribution < -0.4 is 5.32 Å². The van der Waals surface area contributed by atoms with Crippen LogP contribution in [0, 0.1) is 0 Å². The maximum atomic E-state index is 10.2. The van der Waals surface area contributed by atoms with Crippen molar-refractivity contribution in [3.8, 4) is 0 Å². The molecule has 0 saturated carbocycles. The molecule has 3 N–H and O–H groups in total. The second kappa shape index (κ2) is 4.10. The number of oxime groups is 1. The summed E-state index contributed by atoms with van der Waals surface area (Å²) >= 11 is 0. The predicted molar refractivity (Wildman–Crippen MR) is 47.5 cm³/mol. The molecule has 0 bridgehead atoms. The maximum Gasteiger partial charge on any atom is 0.409 e. The molecule has 1 aromatic carbocycles. The number of hydrogen-bond acceptors (Lipinski definition) is 3. The molecule has 0 aliphatic heterocycles. The Morgan fingerprint density at radius 2 is 2.31 bits per heavy atom. The van der Waals surface area contributed by atoms with Gasteiger partial charge in [0.2, 0.25) is 0 Å². The number of amides is 1. The summed E-state index contributed by atoms with van der Waals surface area (Å²) in [5.41, 5.74) is 1.05. The van der Waals surface area contributed by atoms with Crippen LogP contribution in [0.1, 0.15) is 5.56 Å². The summed E-state index contributed by atoms with van der Waals surface area (Å²) in [5.74, 6) is 0. The average Bonchev–Trinajstić information content (AvgIpc) is 2.04. The Bertz CT molecular complexity index is 336. The first-order valence-corrected chi connectivity index (χ1v) is 3.50. The van der Waals surface area contributed by atoms with Gasteiger partial charge in [-0.15, -0.1) is 0 Å². The molecular formula is C8H8N2O3. The van der Waals surface area contributed by atoms with Gasteiger partial charge in [0.1, 0.15) is 0 Å². The minimum Gasteiger partial charge on any atom is -0.465 e. The van der Waals surface area contributed by atoms with Gasteiger partial charge in [-0.1, -0.05) is 17.3 Å². The van der Waals surface area contributed by atoms with E-state index >= 15 is 0 Å². The fraction of sp³-hybridized carbons (Fsp3) is 0. The molecule has 0 heterocycles. The zero-order valence-corrected chi connectivity index (χ0v) is 6.64. The fourth-order valence-electron chi connectivity index (χ4n) is 0.887. The van der Waals surface area contributed by atoms with Crippen molar-refractivity contribution in [2.75, 3.05) is 5.32 Å². The number of rotatable bonds is 2. The lowest BCUT2D eigenvalue weighted by Crippen LogP contribution is -2.07. The highest BCUT2D eigenvalue weighted by molar-refractivity contribution is 5.86. The third kappa shape index (κ3) is 2.82. The fourth-order valence-corrected chi connectivity index (χ4v) is 0.887. The first-order chi connectivity index (χ1) is 6.22. The Morgan fingerprint density at radius 1 is 1.54 bits per heavy atom. The van der Waals surface area contributed by atoms with E-state index in [1.807, 2.05) is 0 Å². The molecule has 0 aliphatic carbocycles. The Balaban J connectivity index is 2.85. The summed E-state index contributed by atoms with van der Waals surface area (Å²) in [6.45, 7) is 0. The number of anilines is 1.